The smallest absolute Gasteiger partial charge is 0.222 e. The van der Waals surface area contributed by atoms with Gasteiger partial charge in [-0.25, -0.2) is 0 Å². The van der Waals surface area contributed by atoms with Crippen LogP contribution in [0, 0.1) is 17.8 Å². The van der Waals surface area contributed by atoms with Crippen LogP contribution in [0.15, 0.2) is 0 Å². The molecule has 19 heavy (non-hydrogen) atoms. The summed E-state index contributed by atoms with van der Waals surface area (Å²) >= 11 is 0. The largest absolute Gasteiger partial charge is 0.341 e. The second-order valence-electron chi connectivity index (χ2n) is 6.98. The van der Waals surface area contributed by atoms with Crippen molar-refractivity contribution in [2.45, 2.75) is 57.9 Å². The normalized spacial score (nSPS) is 31.5. The van der Waals surface area contributed by atoms with E-state index in [1.54, 1.807) is 0 Å². The van der Waals surface area contributed by atoms with Crippen molar-refractivity contribution in [3.8, 4) is 0 Å². The van der Waals surface area contributed by atoms with Crippen molar-refractivity contribution in [2.24, 2.45) is 17.8 Å². The summed E-state index contributed by atoms with van der Waals surface area (Å²) in [7, 11) is 0. The number of piperidine rings is 1. The molecule has 108 valence electrons. The molecule has 3 rings (SSSR count). The van der Waals surface area contributed by atoms with Gasteiger partial charge in [-0.15, -0.1) is 0 Å². The molecule has 3 nitrogen and oxygen atoms in total. The Balaban J connectivity index is 1.53. The Morgan fingerprint density at radius 1 is 1.11 bits per heavy atom. The molecule has 1 aliphatic heterocycles. The highest BCUT2D eigenvalue weighted by atomic mass is 16.2. The van der Waals surface area contributed by atoms with Gasteiger partial charge in [0.2, 0.25) is 5.91 Å². The van der Waals surface area contributed by atoms with Gasteiger partial charge in [0, 0.05) is 25.6 Å². The number of amides is 1. The minimum atomic E-state index is 0.346. The van der Waals surface area contributed by atoms with Crippen LogP contribution in [0.25, 0.3) is 0 Å². The van der Waals surface area contributed by atoms with E-state index in [1.165, 1.54) is 45.1 Å². The van der Waals surface area contributed by atoms with Gasteiger partial charge in [0.15, 0.2) is 0 Å². The van der Waals surface area contributed by atoms with Gasteiger partial charge < -0.3 is 10.2 Å². The molecule has 3 fully saturated rings. The average Bonchev–Trinajstić information content (AvgIpc) is 3.29. The molecule has 1 amide bonds. The maximum atomic E-state index is 12.0. The number of nitrogens with one attached hydrogen (secondary N) is 1. The van der Waals surface area contributed by atoms with Crippen molar-refractivity contribution in [1.29, 1.82) is 0 Å². The van der Waals surface area contributed by atoms with Crippen LogP contribution >= 0.6 is 0 Å². The van der Waals surface area contributed by atoms with Crippen molar-refractivity contribution in [3.05, 3.63) is 0 Å². The first-order valence-corrected chi connectivity index (χ1v) is 8.25. The number of nitrogens with zero attached hydrogens (tertiary/aromatic N) is 1. The molecule has 3 heteroatoms. The molecular weight excluding hydrogens is 236 g/mol. The van der Waals surface area contributed by atoms with Crippen molar-refractivity contribution < 1.29 is 4.79 Å². The quantitative estimate of drug-likeness (QED) is 0.799. The highest BCUT2D eigenvalue weighted by Crippen LogP contribution is 2.38. The zero-order valence-corrected chi connectivity index (χ0v) is 12.2. The Morgan fingerprint density at radius 3 is 2.47 bits per heavy atom. The minimum absolute atomic E-state index is 0.346. The Bertz CT molecular complexity index is 323. The molecular formula is C16H28N2O. The van der Waals surface area contributed by atoms with Crippen molar-refractivity contribution in [2.75, 3.05) is 19.6 Å². The summed E-state index contributed by atoms with van der Waals surface area (Å²) in [6.45, 7) is 5.12. The predicted molar refractivity (Wildman–Crippen MR) is 76.8 cm³/mol. The molecule has 1 saturated heterocycles. The predicted octanol–water partition coefficient (Wildman–Crippen LogP) is 2.41. The lowest BCUT2D eigenvalue weighted by molar-refractivity contribution is -0.133. The van der Waals surface area contributed by atoms with Gasteiger partial charge in [-0.3, -0.25) is 4.79 Å². The molecule has 3 aliphatic rings. The van der Waals surface area contributed by atoms with E-state index in [4.69, 9.17) is 0 Å². The lowest BCUT2D eigenvalue weighted by Gasteiger charge is -2.38. The van der Waals surface area contributed by atoms with Crippen LogP contribution in [0.2, 0.25) is 0 Å². The highest BCUT2D eigenvalue weighted by molar-refractivity contribution is 5.76. The first-order valence-electron chi connectivity index (χ1n) is 8.25. The number of carbonyl (C=O) groups excluding carboxylic acids is 1. The van der Waals surface area contributed by atoms with Gasteiger partial charge in [-0.05, 0) is 50.0 Å². The Kier molecular flexibility index (Phi) is 4.11. The van der Waals surface area contributed by atoms with Gasteiger partial charge in [-0.2, -0.15) is 0 Å². The molecule has 2 atom stereocenters. The first kappa shape index (κ1) is 13.4. The summed E-state index contributed by atoms with van der Waals surface area (Å²) < 4.78 is 0. The molecule has 2 aliphatic carbocycles. The van der Waals surface area contributed by atoms with Crippen molar-refractivity contribution in [3.63, 3.8) is 0 Å². The number of carbonyl (C=O) groups is 1. The molecule has 0 spiro atoms. The maximum Gasteiger partial charge on any atom is 0.222 e. The fourth-order valence-electron chi connectivity index (χ4n) is 3.43. The standard InChI is InChI=1S/C16H28N2O/c1-2-16(19)18-10-14(7-12-3-4-12)8-15(11-18)17-9-13-5-6-13/h12-15,17H,2-11H2,1H3. The Labute approximate surface area is 117 Å². The van der Waals surface area contributed by atoms with E-state index in [-0.39, 0.29) is 0 Å². The maximum absolute atomic E-state index is 12.0. The Morgan fingerprint density at radius 2 is 1.84 bits per heavy atom. The zero-order chi connectivity index (χ0) is 13.2. The van der Waals surface area contributed by atoms with Gasteiger partial charge in [0.1, 0.15) is 0 Å². The number of likely N-dealkylation sites (tertiary alicyclic amines) is 1. The van der Waals surface area contributed by atoms with Crippen LogP contribution in [-0.4, -0.2) is 36.5 Å². The summed E-state index contributed by atoms with van der Waals surface area (Å²) in [5.74, 6) is 3.00. The molecule has 1 N–H and O–H groups in total. The molecule has 0 aromatic rings. The topological polar surface area (TPSA) is 32.3 Å². The molecule has 0 aromatic carbocycles. The zero-order valence-electron chi connectivity index (χ0n) is 12.2. The summed E-state index contributed by atoms with van der Waals surface area (Å²) in [5.41, 5.74) is 0. The third-order valence-electron chi connectivity index (χ3n) is 4.95. The molecule has 2 saturated carbocycles. The molecule has 0 aromatic heterocycles. The van der Waals surface area contributed by atoms with Crippen LogP contribution in [-0.2, 0) is 4.79 Å². The highest BCUT2D eigenvalue weighted by Gasteiger charge is 2.34. The van der Waals surface area contributed by atoms with Crippen molar-refractivity contribution in [1.82, 2.24) is 10.2 Å². The van der Waals surface area contributed by atoms with Crippen LogP contribution in [0.5, 0.6) is 0 Å². The van der Waals surface area contributed by atoms with Crippen LogP contribution in [0.1, 0.15) is 51.9 Å². The fourth-order valence-corrected chi connectivity index (χ4v) is 3.43. The molecule has 0 bridgehead atoms. The monoisotopic (exact) mass is 264 g/mol. The SMILES string of the molecule is CCC(=O)N1CC(CC2CC2)CC(NCC2CC2)C1. The van der Waals surface area contributed by atoms with E-state index in [0.717, 1.165) is 30.8 Å². The number of hydrogen-bond donors (Lipinski definition) is 1. The van der Waals surface area contributed by atoms with E-state index in [9.17, 15) is 4.79 Å². The summed E-state index contributed by atoms with van der Waals surface area (Å²) in [6.07, 6.45) is 8.97. The van der Waals surface area contributed by atoms with Crippen LogP contribution in [0.3, 0.4) is 0 Å². The number of rotatable bonds is 6. The molecule has 0 radical (unpaired) electrons. The van der Waals surface area contributed by atoms with Crippen LogP contribution < -0.4 is 5.32 Å². The summed E-state index contributed by atoms with van der Waals surface area (Å²) in [5, 5.41) is 3.72. The second kappa shape index (κ2) is 5.82. The Hall–Kier alpha value is -0.570. The minimum Gasteiger partial charge on any atom is -0.341 e. The molecule has 1 heterocycles. The summed E-state index contributed by atoms with van der Waals surface area (Å²) in [6, 6.07) is 0.550. The van der Waals surface area contributed by atoms with E-state index in [0.29, 0.717) is 18.4 Å². The van der Waals surface area contributed by atoms with Gasteiger partial charge >= 0.3 is 0 Å². The van der Waals surface area contributed by atoms with Crippen LogP contribution in [0.4, 0.5) is 0 Å². The van der Waals surface area contributed by atoms with E-state index < -0.39 is 0 Å². The number of hydrogen-bond acceptors (Lipinski definition) is 2. The van der Waals surface area contributed by atoms with Gasteiger partial charge in [-0.1, -0.05) is 19.8 Å². The van der Waals surface area contributed by atoms with E-state index >= 15 is 0 Å². The first-order chi connectivity index (χ1) is 9.24. The third-order valence-corrected chi connectivity index (χ3v) is 4.95. The second-order valence-corrected chi connectivity index (χ2v) is 6.98. The van der Waals surface area contributed by atoms with E-state index in [2.05, 4.69) is 10.2 Å². The lowest BCUT2D eigenvalue weighted by atomic mass is 9.89. The average molecular weight is 264 g/mol. The lowest BCUT2D eigenvalue weighted by Crippen LogP contribution is -2.51. The van der Waals surface area contributed by atoms with E-state index in [1.807, 2.05) is 6.92 Å². The van der Waals surface area contributed by atoms with Gasteiger partial charge in [0.05, 0.1) is 0 Å². The third kappa shape index (κ3) is 3.95. The molecule has 2 unspecified atom stereocenters. The van der Waals surface area contributed by atoms with Crippen molar-refractivity contribution >= 4 is 5.91 Å². The van der Waals surface area contributed by atoms with Gasteiger partial charge in [0.25, 0.3) is 0 Å². The summed E-state index contributed by atoms with van der Waals surface area (Å²) in [4.78, 5) is 14.1. The fraction of sp³-hybridized carbons (Fsp3) is 0.938.